The van der Waals surface area contributed by atoms with Gasteiger partial charge in [0.25, 0.3) is 0 Å². The Morgan fingerprint density at radius 3 is 2.45 bits per heavy atom. The summed E-state index contributed by atoms with van der Waals surface area (Å²) in [6, 6.07) is 5.35. The van der Waals surface area contributed by atoms with Gasteiger partial charge < -0.3 is 25.7 Å². The average Bonchev–Trinajstić information content (AvgIpc) is 3.05. The van der Waals surface area contributed by atoms with E-state index in [2.05, 4.69) is 18.1 Å². The number of hydrogen-bond donors (Lipinski definition) is 2. The van der Waals surface area contributed by atoms with Crippen molar-refractivity contribution in [2.24, 2.45) is 5.41 Å². The minimum atomic E-state index is -4.60. The third-order valence-corrected chi connectivity index (χ3v) is 10.1. The molecular weight excluding hydrogens is 605 g/mol. The second kappa shape index (κ2) is 12.7. The van der Waals surface area contributed by atoms with Gasteiger partial charge in [-0.25, -0.2) is 9.97 Å². The predicted molar refractivity (Wildman–Crippen MR) is 180 cm³/mol. The molecular formula is C36H41F3N6O2. The number of fused-ring (bicyclic) bond motifs is 1. The van der Waals surface area contributed by atoms with E-state index >= 15 is 0 Å². The fourth-order valence-electron chi connectivity index (χ4n) is 7.54. The molecule has 1 amide bonds. The number of carbonyl (C=O) groups is 1. The lowest BCUT2D eigenvalue weighted by Crippen LogP contribution is -2.61. The van der Waals surface area contributed by atoms with Crippen molar-refractivity contribution in [3.63, 3.8) is 0 Å². The number of amides is 1. The molecule has 2 saturated heterocycles. The quantitative estimate of drug-likeness (QED) is 0.150. The summed E-state index contributed by atoms with van der Waals surface area (Å²) < 4.78 is 47.2. The van der Waals surface area contributed by atoms with E-state index in [0.717, 1.165) is 56.7 Å². The van der Waals surface area contributed by atoms with Crippen LogP contribution in [-0.4, -0.2) is 66.0 Å². The van der Waals surface area contributed by atoms with E-state index in [-0.39, 0.29) is 23.0 Å². The molecule has 11 heteroatoms. The summed E-state index contributed by atoms with van der Waals surface area (Å²) in [5.74, 6) is 1.30. The number of likely N-dealkylation sites (tertiary alicyclic amines) is 1. The number of nitrogens with zero attached hydrogens (tertiary/aromatic N) is 4. The van der Waals surface area contributed by atoms with Crippen LogP contribution in [0.2, 0.25) is 0 Å². The number of ether oxygens (including phenoxy) is 1. The average molecular weight is 647 g/mol. The topological polar surface area (TPSA) is 108 Å². The van der Waals surface area contributed by atoms with Gasteiger partial charge in [0.2, 0.25) is 5.91 Å². The molecule has 1 saturated carbocycles. The van der Waals surface area contributed by atoms with Gasteiger partial charge >= 0.3 is 6.18 Å². The molecule has 3 aromatic rings. The number of nitrogen functional groups attached to an aromatic ring is 1. The van der Waals surface area contributed by atoms with Crippen molar-refractivity contribution >= 4 is 40.6 Å². The first-order valence-corrected chi connectivity index (χ1v) is 16.2. The first-order chi connectivity index (χ1) is 22.5. The normalized spacial score (nSPS) is 18.2. The van der Waals surface area contributed by atoms with Crippen LogP contribution in [0.25, 0.3) is 28.1 Å². The number of alkyl halides is 3. The Kier molecular flexibility index (Phi) is 8.76. The number of aryl methyl sites for hydroxylation is 1. The van der Waals surface area contributed by atoms with E-state index in [1.165, 1.54) is 6.08 Å². The van der Waals surface area contributed by atoms with Crippen LogP contribution in [-0.2, 0) is 4.79 Å². The molecule has 47 heavy (non-hydrogen) atoms. The van der Waals surface area contributed by atoms with Crippen molar-refractivity contribution in [2.45, 2.75) is 64.0 Å². The van der Waals surface area contributed by atoms with Gasteiger partial charge in [0.15, 0.2) is 12.4 Å². The molecule has 6 rings (SSSR count). The Hall–Kier alpha value is -4.41. The van der Waals surface area contributed by atoms with Crippen LogP contribution in [0.5, 0.6) is 5.75 Å². The molecule has 3 aliphatic rings. The molecule has 8 nitrogen and oxygen atoms in total. The number of benzene rings is 2. The van der Waals surface area contributed by atoms with Gasteiger partial charge in [0, 0.05) is 65.9 Å². The molecule has 2 aromatic carbocycles. The summed E-state index contributed by atoms with van der Waals surface area (Å²) in [6.07, 6.45) is 6.19. The van der Waals surface area contributed by atoms with Gasteiger partial charge in [-0.15, -0.1) is 0 Å². The predicted octanol–water partition coefficient (Wildman–Crippen LogP) is 7.43. The van der Waals surface area contributed by atoms with Crippen molar-refractivity contribution in [1.82, 2.24) is 14.9 Å². The van der Waals surface area contributed by atoms with E-state index < -0.39 is 12.8 Å². The lowest BCUT2D eigenvalue weighted by atomic mass is 9.72. The number of nitrogens with two attached hydrogens (primary N) is 1. The van der Waals surface area contributed by atoms with Crippen LogP contribution in [0.4, 0.5) is 24.7 Å². The highest BCUT2D eigenvalue weighted by Crippen LogP contribution is 2.48. The standard InChI is InChI=1S/C36H41F3N6O2/c1-4-23-17-25-31(32(47-21-36(37,38)39)30(23)29-22(3)11-12-27(41)26(29)18-40)42-33(24-9-7-6-8-10-24)43-34(25)44-15-13-35(14-16-44)19-45(20-35)28(46)5-2/h4-5,11-12,17-18,24,40H,1-2,6-10,13-16,19-21,41H2,3H3. The van der Waals surface area contributed by atoms with E-state index in [4.69, 9.17) is 25.8 Å². The zero-order valence-corrected chi connectivity index (χ0v) is 26.8. The number of piperidine rings is 1. The number of carbonyl (C=O) groups excluding carboxylic acids is 1. The van der Waals surface area contributed by atoms with Crippen LogP contribution in [0, 0.1) is 17.7 Å². The molecule has 1 spiro atoms. The van der Waals surface area contributed by atoms with Gasteiger partial charge in [0.1, 0.15) is 17.2 Å². The van der Waals surface area contributed by atoms with E-state index in [0.29, 0.717) is 76.7 Å². The largest absolute Gasteiger partial charge is 0.481 e. The molecule has 3 fully saturated rings. The zero-order chi connectivity index (χ0) is 33.5. The van der Waals surface area contributed by atoms with Crippen LogP contribution >= 0.6 is 0 Å². The van der Waals surface area contributed by atoms with Gasteiger partial charge in [-0.05, 0) is 67.5 Å². The third-order valence-electron chi connectivity index (χ3n) is 10.1. The first kappa shape index (κ1) is 32.5. The fourth-order valence-corrected chi connectivity index (χ4v) is 7.54. The van der Waals surface area contributed by atoms with Crippen LogP contribution < -0.4 is 15.4 Å². The lowest BCUT2D eigenvalue weighted by Gasteiger charge is -2.54. The van der Waals surface area contributed by atoms with Gasteiger partial charge in [-0.1, -0.05) is 44.6 Å². The highest BCUT2D eigenvalue weighted by atomic mass is 19.4. The zero-order valence-electron chi connectivity index (χ0n) is 26.8. The Bertz CT molecular complexity index is 1730. The smallest absolute Gasteiger partial charge is 0.422 e. The maximum absolute atomic E-state index is 13.8. The molecule has 0 radical (unpaired) electrons. The Morgan fingerprint density at radius 2 is 1.83 bits per heavy atom. The summed E-state index contributed by atoms with van der Waals surface area (Å²) in [6.45, 7) is 10.7. The van der Waals surface area contributed by atoms with Crippen molar-refractivity contribution in [3.8, 4) is 16.9 Å². The number of nitrogens with one attached hydrogen (secondary N) is 1. The summed E-state index contributed by atoms with van der Waals surface area (Å²) in [4.78, 5) is 26.3. The van der Waals surface area contributed by atoms with Crippen LogP contribution in [0.1, 0.15) is 73.4 Å². The molecule has 1 aromatic heterocycles. The molecule has 248 valence electrons. The number of rotatable bonds is 8. The maximum Gasteiger partial charge on any atom is 0.422 e. The molecule has 0 unspecified atom stereocenters. The lowest BCUT2D eigenvalue weighted by molar-refractivity contribution is -0.153. The first-order valence-electron chi connectivity index (χ1n) is 16.2. The van der Waals surface area contributed by atoms with Crippen LogP contribution in [0.15, 0.2) is 37.4 Å². The SMILES string of the molecule is C=CC(=O)N1CC2(CCN(c3nc(C4CCCCC4)nc4c(OCC(F)(F)F)c(-c5c(C)ccc(N)c5C=N)c(C=C)cc34)CC2)C1. The van der Waals surface area contributed by atoms with Crippen molar-refractivity contribution in [1.29, 1.82) is 5.41 Å². The summed E-state index contributed by atoms with van der Waals surface area (Å²) in [7, 11) is 0. The minimum Gasteiger partial charge on any atom is -0.481 e. The second-order valence-corrected chi connectivity index (χ2v) is 13.2. The molecule has 3 heterocycles. The highest BCUT2D eigenvalue weighted by molar-refractivity contribution is 6.06. The van der Waals surface area contributed by atoms with Crippen molar-refractivity contribution in [3.05, 3.63) is 59.9 Å². The number of hydrogen-bond acceptors (Lipinski definition) is 7. The van der Waals surface area contributed by atoms with E-state index in [1.54, 1.807) is 18.2 Å². The summed E-state index contributed by atoms with van der Waals surface area (Å²) in [5.41, 5.74) is 9.50. The molecule has 2 aliphatic heterocycles. The Balaban J connectivity index is 1.54. The minimum absolute atomic E-state index is 0.0155. The summed E-state index contributed by atoms with van der Waals surface area (Å²) in [5, 5.41) is 8.75. The van der Waals surface area contributed by atoms with Crippen molar-refractivity contribution in [2.75, 3.05) is 43.4 Å². The fraction of sp³-hybridized carbons (Fsp3) is 0.444. The molecule has 3 N–H and O–H groups in total. The number of anilines is 2. The highest BCUT2D eigenvalue weighted by Gasteiger charge is 2.46. The number of halogens is 3. The summed E-state index contributed by atoms with van der Waals surface area (Å²) >= 11 is 0. The molecule has 1 aliphatic carbocycles. The van der Waals surface area contributed by atoms with Crippen LogP contribution in [0.3, 0.4) is 0 Å². The molecule has 0 atom stereocenters. The monoisotopic (exact) mass is 646 g/mol. The van der Waals surface area contributed by atoms with Gasteiger partial charge in [-0.3, -0.25) is 4.79 Å². The second-order valence-electron chi connectivity index (χ2n) is 13.2. The molecule has 0 bridgehead atoms. The van der Waals surface area contributed by atoms with Gasteiger partial charge in [-0.2, -0.15) is 13.2 Å². The maximum atomic E-state index is 13.8. The number of aromatic nitrogens is 2. The van der Waals surface area contributed by atoms with Gasteiger partial charge in [0.05, 0.1) is 0 Å². The van der Waals surface area contributed by atoms with E-state index in [9.17, 15) is 18.0 Å². The van der Waals surface area contributed by atoms with E-state index in [1.807, 2.05) is 17.9 Å². The van der Waals surface area contributed by atoms with Crippen molar-refractivity contribution < 1.29 is 22.7 Å². The Labute approximate surface area is 273 Å². The third kappa shape index (κ3) is 6.19. The Morgan fingerprint density at radius 1 is 1.13 bits per heavy atom.